The molecule has 0 radical (unpaired) electrons. The molecule has 5 atom stereocenters. The standard InChI is InChI=1S/C20H21FN2O5/c1-10-5-7-22-19-12(10)6-8-23(19)20-17(26)16(25)18(28-20)15(24)11-3-4-13(21)14(9-11)27-2/h3-9,15-18,20,24-26H,1-2H3. The molecule has 0 amide bonds. The number of rotatable bonds is 4. The number of methoxy groups -OCH3 is 1. The van der Waals surface area contributed by atoms with Crippen LogP contribution in [0.3, 0.4) is 0 Å². The second-order valence-electron chi connectivity index (χ2n) is 6.90. The summed E-state index contributed by atoms with van der Waals surface area (Å²) in [5.74, 6) is -0.596. The van der Waals surface area contributed by atoms with E-state index >= 15 is 0 Å². The molecule has 1 fully saturated rings. The van der Waals surface area contributed by atoms with Gasteiger partial charge in [0.05, 0.1) is 7.11 Å². The number of aliphatic hydroxyl groups excluding tert-OH is 3. The fourth-order valence-corrected chi connectivity index (χ4v) is 3.62. The molecule has 0 spiro atoms. The maximum Gasteiger partial charge on any atom is 0.165 e. The van der Waals surface area contributed by atoms with Gasteiger partial charge in [-0.1, -0.05) is 6.07 Å². The lowest BCUT2D eigenvalue weighted by atomic mass is 9.99. The first kappa shape index (κ1) is 18.8. The number of aromatic nitrogens is 2. The van der Waals surface area contributed by atoms with Gasteiger partial charge in [-0.25, -0.2) is 9.37 Å². The Kier molecular flexibility index (Phi) is 4.80. The number of pyridine rings is 1. The van der Waals surface area contributed by atoms with E-state index in [0.717, 1.165) is 10.9 Å². The van der Waals surface area contributed by atoms with Crippen molar-refractivity contribution in [3.8, 4) is 5.75 Å². The highest BCUT2D eigenvalue weighted by Gasteiger charge is 2.47. The summed E-state index contributed by atoms with van der Waals surface area (Å²) in [6, 6.07) is 7.62. The average Bonchev–Trinajstić information content (AvgIpc) is 3.24. The second kappa shape index (κ2) is 7.14. The largest absolute Gasteiger partial charge is 0.494 e. The van der Waals surface area contributed by atoms with E-state index in [4.69, 9.17) is 9.47 Å². The molecule has 0 bridgehead atoms. The van der Waals surface area contributed by atoms with Gasteiger partial charge < -0.3 is 29.4 Å². The number of aryl methyl sites for hydroxylation is 1. The molecule has 1 aliphatic rings. The SMILES string of the molecule is COc1cc(C(O)C2OC(n3ccc4c(C)ccnc43)C(O)C2O)ccc1F. The molecular formula is C20H21FN2O5. The number of fused-ring (bicyclic) bond motifs is 1. The van der Waals surface area contributed by atoms with Crippen molar-refractivity contribution in [2.24, 2.45) is 0 Å². The van der Waals surface area contributed by atoms with Gasteiger partial charge in [0.2, 0.25) is 0 Å². The number of hydrogen-bond acceptors (Lipinski definition) is 6. The van der Waals surface area contributed by atoms with Crippen LogP contribution in [-0.2, 0) is 4.74 Å². The highest BCUT2D eigenvalue weighted by atomic mass is 19.1. The molecule has 8 heteroatoms. The molecule has 1 aromatic carbocycles. The molecule has 1 aliphatic heterocycles. The Morgan fingerprint density at radius 2 is 2.00 bits per heavy atom. The van der Waals surface area contributed by atoms with Crippen LogP contribution in [-0.4, -0.2) is 50.3 Å². The summed E-state index contributed by atoms with van der Waals surface area (Å²) in [6.07, 6.45) is -2.58. The molecule has 0 aliphatic carbocycles. The Morgan fingerprint density at radius 3 is 2.75 bits per heavy atom. The van der Waals surface area contributed by atoms with Gasteiger partial charge in [-0.2, -0.15) is 0 Å². The van der Waals surface area contributed by atoms with Gasteiger partial charge in [0.15, 0.2) is 17.8 Å². The average molecular weight is 388 g/mol. The first-order valence-electron chi connectivity index (χ1n) is 8.87. The van der Waals surface area contributed by atoms with Crippen LogP contribution in [0.1, 0.15) is 23.5 Å². The zero-order chi connectivity index (χ0) is 20.0. The molecule has 5 unspecified atom stereocenters. The van der Waals surface area contributed by atoms with Crippen molar-refractivity contribution in [2.75, 3.05) is 7.11 Å². The monoisotopic (exact) mass is 388 g/mol. The fourth-order valence-electron chi connectivity index (χ4n) is 3.62. The molecule has 1 saturated heterocycles. The van der Waals surface area contributed by atoms with Crippen LogP contribution in [0, 0.1) is 12.7 Å². The third kappa shape index (κ3) is 2.94. The second-order valence-corrected chi connectivity index (χ2v) is 6.90. The predicted molar refractivity (Wildman–Crippen MR) is 98.3 cm³/mol. The maximum absolute atomic E-state index is 13.6. The van der Waals surface area contributed by atoms with E-state index in [2.05, 4.69) is 4.98 Å². The van der Waals surface area contributed by atoms with Gasteiger partial charge in [0, 0.05) is 17.8 Å². The van der Waals surface area contributed by atoms with E-state index in [-0.39, 0.29) is 5.75 Å². The van der Waals surface area contributed by atoms with Crippen LogP contribution >= 0.6 is 0 Å². The Bertz CT molecular complexity index is 1010. The van der Waals surface area contributed by atoms with E-state index in [1.165, 1.54) is 25.3 Å². The van der Waals surface area contributed by atoms with Crippen molar-refractivity contribution in [3.63, 3.8) is 0 Å². The van der Waals surface area contributed by atoms with Crippen molar-refractivity contribution in [1.29, 1.82) is 0 Å². The Labute approximate surface area is 160 Å². The van der Waals surface area contributed by atoms with Crippen molar-refractivity contribution in [3.05, 3.63) is 59.7 Å². The lowest BCUT2D eigenvalue weighted by Crippen LogP contribution is -2.34. The number of nitrogens with zero attached hydrogens (tertiary/aromatic N) is 2. The van der Waals surface area contributed by atoms with Gasteiger partial charge in [0.25, 0.3) is 0 Å². The molecule has 7 nitrogen and oxygen atoms in total. The summed E-state index contributed by atoms with van der Waals surface area (Å²) in [6.45, 7) is 1.95. The highest BCUT2D eigenvalue weighted by Crippen LogP contribution is 2.38. The first-order valence-corrected chi connectivity index (χ1v) is 8.87. The molecule has 0 saturated carbocycles. The number of hydrogen-bond donors (Lipinski definition) is 3. The minimum Gasteiger partial charge on any atom is -0.494 e. The van der Waals surface area contributed by atoms with Crippen LogP contribution in [0.2, 0.25) is 0 Å². The van der Waals surface area contributed by atoms with Gasteiger partial charge in [0.1, 0.15) is 30.1 Å². The summed E-state index contributed by atoms with van der Waals surface area (Å²) >= 11 is 0. The van der Waals surface area contributed by atoms with Crippen molar-refractivity contribution >= 4 is 11.0 Å². The molecular weight excluding hydrogens is 367 g/mol. The molecule has 148 valence electrons. The molecule has 4 rings (SSSR count). The van der Waals surface area contributed by atoms with Gasteiger partial charge in [-0.15, -0.1) is 0 Å². The summed E-state index contributed by atoms with van der Waals surface area (Å²) in [4.78, 5) is 4.34. The van der Waals surface area contributed by atoms with Gasteiger partial charge in [-0.3, -0.25) is 0 Å². The van der Waals surface area contributed by atoms with E-state index < -0.39 is 36.5 Å². The predicted octanol–water partition coefficient (Wildman–Crippen LogP) is 1.85. The van der Waals surface area contributed by atoms with Crippen molar-refractivity contribution in [2.45, 2.75) is 37.6 Å². The number of halogens is 1. The number of aliphatic hydroxyl groups is 3. The normalized spacial score (nSPS) is 25.9. The molecule has 3 N–H and O–H groups in total. The van der Waals surface area contributed by atoms with E-state index in [1.807, 2.05) is 19.1 Å². The zero-order valence-electron chi connectivity index (χ0n) is 15.4. The van der Waals surface area contributed by atoms with Gasteiger partial charge >= 0.3 is 0 Å². The van der Waals surface area contributed by atoms with Crippen LogP contribution < -0.4 is 4.74 Å². The molecule has 2 aromatic heterocycles. The highest BCUT2D eigenvalue weighted by molar-refractivity contribution is 5.79. The topological polar surface area (TPSA) is 97.0 Å². The number of ether oxygens (including phenoxy) is 2. The molecule has 28 heavy (non-hydrogen) atoms. The van der Waals surface area contributed by atoms with Crippen LogP contribution in [0.4, 0.5) is 4.39 Å². The van der Waals surface area contributed by atoms with Crippen molar-refractivity contribution < 1.29 is 29.2 Å². The molecule has 3 heterocycles. The van der Waals surface area contributed by atoms with E-state index in [9.17, 15) is 19.7 Å². The third-order valence-electron chi connectivity index (χ3n) is 5.21. The minimum atomic E-state index is -1.35. The lowest BCUT2D eigenvalue weighted by molar-refractivity contribution is -0.0848. The van der Waals surface area contributed by atoms with Crippen LogP contribution in [0.25, 0.3) is 11.0 Å². The third-order valence-corrected chi connectivity index (χ3v) is 5.21. The zero-order valence-corrected chi connectivity index (χ0v) is 15.4. The maximum atomic E-state index is 13.6. The Hall–Kier alpha value is -2.52. The first-order chi connectivity index (χ1) is 13.4. The summed E-state index contributed by atoms with van der Waals surface area (Å²) < 4.78 is 26.0. The molecule has 3 aromatic rings. The fraction of sp³-hybridized carbons (Fsp3) is 0.350. The minimum absolute atomic E-state index is 0.0304. The van der Waals surface area contributed by atoms with E-state index in [1.54, 1.807) is 17.0 Å². The quantitative estimate of drug-likeness (QED) is 0.631. The van der Waals surface area contributed by atoms with Crippen LogP contribution in [0.5, 0.6) is 5.75 Å². The van der Waals surface area contributed by atoms with Crippen molar-refractivity contribution in [1.82, 2.24) is 9.55 Å². The summed E-state index contributed by atoms with van der Waals surface area (Å²) in [7, 11) is 1.32. The summed E-state index contributed by atoms with van der Waals surface area (Å²) in [5.41, 5.74) is 1.93. The smallest absolute Gasteiger partial charge is 0.165 e. The van der Waals surface area contributed by atoms with Gasteiger partial charge in [-0.05, 0) is 42.3 Å². The number of benzene rings is 1. The van der Waals surface area contributed by atoms with Crippen LogP contribution in [0.15, 0.2) is 42.7 Å². The lowest BCUT2D eigenvalue weighted by Gasteiger charge is -2.22. The Balaban J connectivity index is 1.65. The van der Waals surface area contributed by atoms with E-state index in [0.29, 0.717) is 11.2 Å². The summed E-state index contributed by atoms with van der Waals surface area (Å²) in [5, 5.41) is 32.6. The Morgan fingerprint density at radius 1 is 1.21 bits per heavy atom.